The summed E-state index contributed by atoms with van der Waals surface area (Å²) in [6.45, 7) is 3.19. The molecule has 0 spiro atoms. The van der Waals surface area contributed by atoms with Crippen molar-refractivity contribution in [1.29, 1.82) is 0 Å². The SMILES string of the molecule is CN1CCC(CCNC(=O)C2(N)CCCCC2)CC1. The van der Waals surface area contributed by atoms with Crippen molar-refractivity contribution >= 4 is 5.91 Å². The van der Waals surface area contributed by atoms with Crippen molar-refractivity contribution in [3.63, 3.8) is 0 Å². The van der Waals surface area contributed by atoms with E-state index < -0.39 is 5.54 Å². The molecule has 3 N–H and O–H groups in total. The number of nitrogens with zero attached hydrogens (tertiary/aromatic N) is 1. The van der Waals surface area contributed by atoms with Gasteiger partial charge < -0.3 is 16.0 Å². The minimum absolute atomic E-state index is 0.0835. The average Bonchev–Trinajstić information content (AvgIpc) is 2.42. The van der Waals surface area contributed by atoms with Gasteiger partial charge in [0.1, 0.15) is 0 Å². The van der Waals surface area contributed by atoms with E-state index in [-0.39, 0.29) is 5.91 Å². The molecule has 0 aromatic rings. The van der Waals surface area contributed by atoms with E-state index in [1.807, 2.05) is 0 Å². The van der Waals surface area contributed by atoms with Gasteiger partial charge in [-0.3, -0.25) is 4.79 Å². The Morgan fingerprint density at radius 3 is 2.53 bits per heavy atom. The summed E-state index contributed by atoms with van der Waals surface area (Å²) >= 11 is 0. The summed E-state index contributed by atoms with van der Waals surface area (Å²) in [4.78, 5) is 14.6. The van der Waals surface area contributed by atoms with Gasteiger partial charge in [0.15, 0.2) is 0 Å². The Bertz CT molecular complexity index is 292. The van der Waals surface area contributed by atoms with Crippen LogP contribution in [0.1, 0.15) is 51.4 Å². The lowest BCUT2D eigenvalue weighted by Gasteiger charge is -2.32. The molecule has 0 aromatic carbocycles. The molecule has 0 aromatic heterocycles. The number of rotatable bonds is 4. The number of nitrogens with one attached hydrogen (secondary N) is 1. The fourth-order valence-corrected chi connectivity index (χ4v) is 3.33. The van der Waals surface area contributed by atoms with Crippen LogP contribution >= 0.6 is 0 Å². The number of carbonyl (C=O) groups is 1. The first kappa shape index (κ1) is 14.8. The number of nitrogens with two attached hydrogens (primary N) is 1. The lowest BCUT2D eigenvalue weighted by atomic mass is 9.82. The van der Waals surface area contributed by atoms with Crippen LogP contribution in [-0.4, -0.2) is 43.0 Å². The molecular formula is C15H29N3O. The lowest BCUT2D eigenvalue weighted by molar-refractivity contribution is -0.127. The number of likely N-dealkylation sites (tertiary alicyclic amines) is 1. The fourth-order valence-electron chi connectivity index (χ4n) is 3.33. The lowest BCUT2D eigenvalue weighted by Crippen LogP contribution is -2.55. The maximum atomic E-state index is 12.2. The van der Waals surface area contributed by atoms with Crippen LogP contribution in [-0.2, 0) is 4.79 Å². The molecular weight excluding hydrogens is 238 g/mol. The topological polar surface area (TPSA) is 58.4 Å². The maximum absolute atomic E-state index is 12.2. The Balaban J connectivity index is 1.66. The summed E-state index contributed by atoms with van der Waals surface area (Å²) < 4.78 is 0. The van der Waals surface area contributed by atoms with Crippen LogP contribution in [0.15, 0.2) is 0 Å². The third-order valence-electron chi connectivity index (χ3n) is 4.87. The number of hydrogen-bond acceptors (Lipinski definition) is 3. The van der Waals surface area contributed by atoms with Crippen LogP contribution < -0.4 is 11.1 Å². The largest absolute Gasteiger partial charge is 0.354 e. The van der Waals surface area contributed by atoms with Crippen LogP contribution in [0.4, 0.5) is 0 Å². The van der Waals surface area contributed by atoms with Gasteiger partial charge in [0.25, 0.3) is 0 Å². The summed E-state index contributed by atoms with van der Waals surface area (Å²) in [5, 5.41) is 3.07. The molecule has 4 heteroatoms. The molecule has 0 radical (unpaired) electrons. The summed E-state index contributed by atoms with van der Waals surface area (Å²) in [5.74, 6) is 0.858. The second kappa shape index (κ2) is 6.71. The molecule has 4 nitrogen and oxygen atoms in total. The zero-order valence-electron chi connectivity index (χ0n) is 12.3. The van der Waals surface area contributed by atoms with Gasteiger partial charge in [-0.25, -0.2) is 0 Å². The van der Waals surface area contributed by atoms with Crippen molar-refractivity contribution in [2.45, 2.75) is 56.9 Å². The van der Waals surface area contributed by atoms with Crippen LogP contribution in [0, 0.1) is 5.92 Å². The molecule has 2 rings (SSSR count). The minimum Gasteiger partial charge on any atom is -0.354 e. The molecule has 2 aliphatic rings. The van der Waals surface area contributed by atoms with Gasteiger partial charge in [-0.05, 0) is 58.2 Å². The highest BCUT2D eigenvalue weighted by Gasteiger charge is 2.34. The van der Waals surface area contributed by atoms with Crippen LogP contribution in [0.25, 0.3) is 0 Å². The van der Waals surface area contributed by atoms with Gasteiger partial charge in [0, 0.05) is 6.54 Å². The highest BCUT2D eigenvalue weighted by molar-refractivity contribution is 5.86. The first-order chi connectivity index (χ1) is 9.10. The zero-order valence-corrected chi connectivity index (χ0v) is 12.3. The van der Waals surface area contributed by atoms with Gasteiger partial charge in [-0.1, -0.05) is 19.3 Å². The molecule has 1 saturated heterocycles. The smallest absolute Gasteiger partial charge is 0.240 e. The molecule has 1 saturated carbocycles. The molecule has 0 bridgehead atoms. The molecule has 1 aliphatic carbocycles. The number of carbonyl (C=O) groups excluding carboxylic acids is 1. The third-order valence-corrected chi connectivity index (χ3v) is 4.87. The predicted octanol–water partition coefficient (Wildman–Crippen LogP) is 1.50. The quantitative estimate of drug-likeness (QED) is 0.811. The first-order valence-electron chi connectivity index (χ1n) is 7.86. The van der Waals surface area contributed by atoms with E-state index in [4.69, 9.17) is 5.73 Å². The molecule has 1 heterocycles. The van der Waals surface area contributed by atoms with E-state index in [2.05, 4.69) is 17.3 Å². The van der Waals surface area contributed by atoms with Crippen molar-refractivity contribution in [3.8, 4) is 0 Å². The van der Waals surface area contributed by atoms with E-state index >= 15 is 0 Å². The molecule has 1 amide bonds. The molecule has 1 aliphatic heterocycles. The van der Waals surface area contributed by atoms with Gasteiger partial charge in [-0.2, -0.15) is 0 Å². The van der Waals surface area contributed by atoms with E-state index in [1.165, 1.54) is 32.4 Å². The van der Waals surface area contributed by atoms with Crippen molar-refractivity contribution in [2.75, 3.05) is 26.7 Å². The Kier molecular flexibility index (Phi) is 5.22. The fraction of sp³-hybridized carbons (Fsp3) is 0.933. The number of piperidine rings is 1. The van der Waals surface area contributed by atoms with E-state index in [0.717, 1.165) is 44.6 Å². The zero-order chi connectivity index (χ0) is 13.7. The normalized spacial score (nSPS) is 25.2. The van der Waals surface area contributed by atoms with Crippen molar-refractivity contribution in [1.82, 2.24) is 10.2 Å². The van der Waals surface area contributed by atoms with Crippen molar-refractivity contribution < 1.29 is 4.79 Å². The third kappa shape index (κ3) is 4.18. The van der Waals surface area contributed by atoms with Crippen LogP contribution in [0.3, 0.4) is 0 Å². The van der Waals surface area contributed by atoms with E-state index in [9.17, 15) is 4.79 Å². The molecule has 0 atom stereocenters. The summed E-state index contributed by atoms with van der Waals surface area (Å²) in [6.07, 6.45) is 8.76. The Labute approximate surface area is 117 Å². The molecule has 2 fully saturated rings. The summed E-state index contributed by atoms with van der Waals surface area (Å²) in [6, 6.07) is 0. The van der Waals surface area contributed by atoms with Gasteiger partial charge in [0.2, 0.25) is 5.91 Å². The minimum atomic E-state index is -0.578. The molecule has 110 valence electrons. The highest BCUT2D eigenvalue weighted by atomic mass is 16.2. The van der Waals surface area contributed by atoms with Crippen molar-refractivity contribution in [3.05, 3.63) is 0 Å². The predicted molar refractivity (Wildman–Crippen MR) is 77.9 cm³/mol. The number of hydrogen-bond donors (Lipinski definition) is 2. The van der Waals surface area contributed by atoms with Gasteiger partial charge in [0.05, 0.1) is 5.54 Å². The Morgan fingerprint density at radius 1 is 1.26 bits per heavy atom. The van der Waals surface area contributed by atoms with Gasteiger partial charge >= 0.3 is 0 Å². The van der Waals surface area contributed by atoms with Crippen LogP contribution in [0.5, 0.6) is 0 Å². The second-order valence-electron chi connectivity index (χ2n) is 6.51. The van der Waals surface area contributed by atoms with E-state index in [1.54, 1.807) is 0 Å². The maximum Gasteiger partial charge on any atom is 0.240 e. The standard InChI is InChI=1S/C15H29N3O/c1-18-11-6-13(7-12-18)5-10-17-14(19)15(16)8-3-2-4-9-15/h13H,2-12,16H2,1H3,(H,17,19). The van der Waals surface area contributed by atoms with Gasteiger partial charge in [-0.15, -0.1) is 0 Å². The Morgan fingerprint density at radius 2 is 1.89 bits per heavy atom. The Hall–Kier alpha value is -0.610. The summed E-state index contributed by atoms with van der Waals surface area (Å²) in [7, 11) is 2.18. The van der Waals surface area contributed by atoms with Crippen molar-refractivity contribution in [2.24, 2.45) is 11.7 Å². The second-order valence-corrected chi connectivity index (χ2v) is 6.51. The highest BCUT2D eigenvalue weighted by Crippen LogP contribution is 2.26. The summed E-state index contributed by atoms with van der Waals surface area (Å²) in [5.41, 5.74) is 5.64. The van der Waals surface area contributed by atoms with E-state index in [0.29, 0.717) is 0 Å². The molecule has 19 heavy (non-hydrogen) atoms. The first-order valence-corrected chi connectivity index (χ1v) is 7.86. The number of amides is 1. The van der Waals surface area contributed by atoms with Crippen LogP contribution in [0.2, 0.25) is 0 Å². The molecule has 0 unspecified atom stereocenters. The monoisotopic (exact) mass is 267 g/mol. The average molecular weight is 267 g/mol.